The third-order valence-corrected chi connectivity index (χ3v) is 3.67. The average Bonchev–Trinajstić information content (AvgIpc) is 2.34. The Kier molecular flexibility index (Phi) is 3.57. The molecule has 0 nitrogen and oxygen atoms in total. The zero-order valence-corrected chi connectivity index (χ0v) is 10.8. The van der Waals surface area contributed by atoms with Crippen molar-refractivity contribution in [3.05, 3.63) is 70.8 Å². The maximum Gasteiger partial charge on any atom is 0.128 e. The maximum absolute atomic E-state index is 13.8. The van der Waals surface area contributed by atoms with E-state index < -0.39 is 5.82 Å². The van der Waals surface area contributed by atoms with E-state index in [0.29, 0.717) is 11.1 Å². The van der Waals surface area contributed by atoms with Crippen LogP contribution in [0.25, 0.3) is 0 Å². The number of halogens is 3. The first-order chi connectivity index (χ1) is 8.09. The highest BCUT2D eigenvalue weighted by atomic mass is 79.9. The van der Waals surface area contributed by atoms with Gasteiger partial charge >= 0.3 is 0 Å². The topological polar surface area (TPSA) is 0 Å². The monoisotopic (exact) mass is 296 g/mol. The predicted octanol–water partition coefficient (Wildman–Crippen LogP) is 4.76. The summed E-state index contributed by atoms with van der Waals surface area (Å²) in [7, 11) is 0. The largest absolute Gasteiger partial charge is 0.207 e. The molecule has 0 saturated carbocycles. The fourth-order valence-corrected chi connectivity index (χ4v) is 2.31. The molecule has 2 aromatic rings. The Labute approximate surface area is 107 Å². The molecule has 0 aliphatic carbocycles. The van der Waals surface area contributed by atoms with E-state index in [1.165, 1.54) is 12.1 Å². The van der Waals surface area contributed by atoms with Crippen LogP contribution < -0.4 is 0 Å². The second kappa shape index (κ2) is 4.96. The highest BCUT2D eigenvalue weighted by molar-refractivity contribution is 9.09. The molecule has 88 valence electrons. The van der Waals surface area contributed by atoms with E-state index in [2.05, 4.69) is 15.9 Å². The lowest BCUT2D eigenvalue weighted by atomic mass is 10.0. The van der Waals surface area contributed by atoms with Crippen molar-refractivity contribution >= 4 is 15.9 Å². The summed E-state index contributed by atoms with van der Waals surface area (Å²) >= 11 is 3.40. The highest BCUT2D eigenvalue weighted by Crippen LogP contribution is 2.33. The molecular formula is C14H11BrF2. The summed E-state index contributed by atoms with van der Waals surface area (Å²) in [6.07, 6.45) is 0. The summed E-state index contributed by atoms with van der Waals surface area (Å²) in [5.74, 6) is -0.781. The Morgan fingerprint density at radius 1 is 1.00 bits per heavy atom. The zero-order valence-electron chi connectivity index (χ0n) is 9.25. The van der Waals surface area contributed by atoms with Gasteiger partial charge < -0.3 is 0 Å². The molecule has 0 heterocycles. The Balaban J connectivity index is 2.44. The Morgan fingerprint density at radius 2 is 1.65 bits per heavy atom. The van der Waals surface area contributed by atoms with E-state index in [0.717, 1.165) is 5.56 Å². The number of aryl methyl sites for hydroxylation is 1. The van der Waals surface area contributed by atoms with E-state index in [9.17, 15) is 8.78 Å². The summed E-state index contributed by atoms with van der Waals surface area (Å²) in [5.41, 5.74) is 1.54. The molecule has 0 N–H and O–H groups in total. The van der Waals surface area contributed by atoms with Crippen molar-refractivity contribution in [2.45, 2.75) is 11.8 Å². The SMILES string of the molecule is Cc1cc(F)c(C(Br)c2ccccc2)cc1F. The summed E-state index contributed by atoms with van der Waals surface area (Å²) in [6.45, 7) is 1.55. The molecule has 3 heteroatoms. The number of rotatable bonds is 2. The average molecular weight is 297 g/mol. The fourth-order valence-electron chi connectivity index (χ4n) is 1.66. The fraction of sp³-hybridized carbons (Fsp3) is 0.143. The molecular weight excluding hydrogens is 286 g/mol. The second-order valence-electron chi connectivity index (χ2n) is 3.90. The van der Waals surface area contributed by atoms with Crippen molar-refractivity contribution in [2.24, 2.45) is 0 Å². The minimum absolute atomic E-state index is 0.319. The summed E-state index contributed by atoms with van der Waals surface area (Å²) in [4.78, 5) is -0.334. The van der Waals surface area contributed by atoms with Crippen LogP contribution in [0.4, 0.5) is 8.78 Å². The summed E-state index contributed by atoms with van der Waals surface area (Å²) in [6, 6.07) is 11.8. The van der Waals surface area contributed by atoms with Crippen LogP contribution in [0.5, 0.6) is 0 Å². The van der Waals surface area contributed by atoms with Crippen LogP contribution in [0, 0.1) is 18.6 Å². The molecule has 0 aromatic heterocycles. The van der Waals surface area contributed by atoms with Crippen molar-refractivity contribution in [1.29, 1.82) is 0 Å². The minimum atomic E-state index is -0.394. The van der Waals surface area contributed by atoms with E-state index in [-0.39, 0.29) is 10.6 Å². The second-order valence-corrected chi connectivity index (χ2v) is 4.81. The van der Waals surface area contributed by atoms with Gasteiger partial charge in [0.2, 0.25) is 0 Å². The van der Waals surface area contributed by atoms with Crippen molar-refractivity contribution in [3.8, 4) is 0 Å². The Hall–Kier alpha value is -1.22. The number of benzene rings is 2. The predicted molar refractivity (Wildman–Crippen MR) is 68.3 cm³/mol. The van der Waals surface area contributed by atoms with Crippen LogP contribution in [0.2, 0.25) is 0 Å². The van der Waals surface area contributed by atoms with Gasteiger partial charge in [-0.1, -0.05) is 46.3 Å². The summed E-state index contributed by atoms with van der Waals surface area (Å²) in [5, 5.41) is 0. The molecule has 0 bridgehead atoms. The molecule has 0 fully saturated rings. The van der Waals surface area contributed by atoms with Gasteiger partial charge in [-0.25, -0.2) is 8.78 Å². The van der Waals surface area contributed by atoms with Crippen LogP contribution in [0.1, 0.15) is 21.5 Å². The van der Waals surface area contributed by atoms with Gasteiger partial charge in [-0.15, -0.1) is 0 Å². The van der Waals surface area contributed by atoms with Crippen LogP contribution in [0.15, 0.2) is 42.5 Å². The van der Waals surface area contributed by atoms with Gasteiger partial charge in [0.1, 0.15) is 11.6 Å². The maximum atomic E-state index is 13.8. The standard InChI is InChI=1S/C14H11BrF2/c1-9-7-13(17)11(8-12(9)16)14(15)10-5-3-2-4-6-10/h2-8,14H,1H3. The van der Waals surface area contributed by atoms with Gasteiger partial charge in [-0.2, -0.15) is 0 Å². The summed E-state index contributed by atoms with van der Waals surface area (Å²) < 4.78 is 27.2. The molecule has 2 rings (SSSR count). The first kappa shape index (κ1) is 12.2. The Bertz CT molecular complexity index is 523. The molecule has 1 unspecified atom stereocenters. The molecule has 0 spiro atoms. The molecule has 0 saturated heterocycles. The lowest BCUT2D eigenvalue weighted by Gasteiger charge is -2.12. The van der Waals surface area contributed by atoms with E-state index >= 15 is 0 Å². The van der Waals surface area contributed by atoms with Crippen LogP contribution in [-0.4, -0.2) is 0 Å². The first-order valence-corrected chi connectivity index (χ1v) is 6.15. The van der Waals surface area contributed by atoms with Crippen molar-refractivity contribution in [3.63, 3.8) is 0 Å². The molecule has 2 aromatic carbocycles. The quantitative estimate of drug-likeness (QED) is 0.701. The zero-order chi connectivity index (χ0) is 12.4. The van der Waals surface area contributed by atoms with Gasteiger partial charge in [-0.3, -0.25) is 0 Å². The molecule has 17 heavy (non-hydrogen) atoms. The van der Waals surface area contributed by atoms with Gasteiger partial charge in [0.05, 0.1) is 4.83 Å². The molecule has 0 aliphatic rings. The van der Waals surface area contributed by atoms with Crippen molar-refractivity contribution < 1.29 is 8.78 Å². The third kappa shape index (κ3) is 2.55. The number of hydrogen-bond donors (Lipinski definition) is 0. The molecule has 1 atom stereocenters. The van der Waals surface area contributed by atoms with Crippen LogP contribution in [-0.2, 0) is 0 Å². The normalized spacial score (nSPS) is 12.5. The van der Waals surface area contributed by atoms with E-state index in [4.69, 9.17) is 0 Å². The molecule has 0 radical (unpaired) electrons. The van der Waals surface area contributed by atoms with Gasteiger partial charge in [-0.05, 0) is 30.2 Å². The minimum Gasteiger partial charge on any atom is -0.207 e. The van der Waals surface area contributed by atoms with E-state index in [1.807, 2.05) is 30.3 Å². The lowest BCUT2D eigenvalue weighted by molar-refractivity contribution is 0.581. The number of alkyl halides is 1. The number of hydrogen-bond acceptors (Lipinski definition) is 0. The van der Waals surface area contributed by atoms with E-state index in [1.54, 1.807) is 6.92 Å². The van der Waals surface area contributed by atoms with Gasteiger partial charge in [0, 0.05) is 5.56 Å². The van der Waals surface area contributed by atoms with Crippen LogP contribution in [0.3, 0.4) is 0 Å². The van der Waals surface area contributed by atoms with Gasteiger partial charge in [0.15, 0.2) is 0 Å². The van der Waals surface area contributed by atoms with Crippen molar-refractivity contribution in [2.75, 3.05) is 0 Å². The van der Waals surface area contributed by atoms with Crippen LogP contribution >= 0.6 is 15.9 Å². The van der Waals surface area contributed by atoms with Crippen molar-refractivity contribution in [1.82, 2.24) is 0 Å². The first-order valence-electron chi connectivity index (χ1n) is 5.24. The smallest absolute Gasteiger partial charge is 0.128 e. The van der Waals surface area contributed by atoms with Gasteiger partial charge in [0.25, 0.3) is 0 Å². The highest BCUT2D eigenvalue weighted by Gasteiger charge is 2.16. The molecule has 0 amide bonds. The third-order valence-electron chi connectivity index (χ3n) is 2.64. The Morgan fingerprint density at radius 3 is 2.29 bits per heavy atom. The lowest BCUT2D eigenvalue weighted by Crippen LogP contribution is -1.99. The molecule has 0 aliphatic heterocycles.